The van der Waals surface area contributed by atoms with Crippen molar-refractivity contribution in [1.82, 2.24) is 29.4 Å². The first kappa shape index (κ1) is 12.8. The highest BCUT2D eigenvalue weighted by molar-refractivity contribution is 5.38. The number of nitrogens with two attached hydrogens (primary N) is 1. The van der Waals surface area contributed by atoms with Crippen LogP contribution < -0.4 is 10.6 Å². The zero-order valence-electron chi connectivity index (χ0n) is 11.5. The van der Waals surface area contributed by atoms with Gasteiger partial charge < -0.3 is 15.5 Å². The van der Waals surface area contributed by atoms with E-state index in [-0.39, 0.29) is 5.95 Å². The van der Waals surface area contributed by atoms with E-state index in [4.69, 9.17) is 5.73 Å². The fourth-order valence-electron chi connectivity index (χ4n) is 2.27. The van der Waals surface area contributed by atoms with E-state index in [1.807, 2.05) is 0 Å². The van der Waals surface area contributed by atoms with Crippen molar-refractivity contribution >= 4 is 11.9 Å². The first-order valence-corrected chi connectivity index (χ1v) is 6.73. The number of hydrogen-bond acceptors (Lipinski definition) is 7. The molecule has 2 N–H and O–H groups in total. The molecular formula is C12H18N8. The molecule has 0 atom stereocenters. The van der Waals surface area contributed by atoms with Crippen molar-refractivity contribution in [2.45, 2.75) is 6.92 Å². The highest BCUT2D eigenvalue weighted by Gasteiger charge is 2.19. The Balaban J connectivity index is 1.83. The minimum absolute atomic E-state index is 0.233. The molecule has 8 heteroatoms. The van der Waals surface area contributed by atoms with Crippen molar-refractivity contribution in [1.29, 1.82) is 0 Å². The van der Waals surface area contributed by atoms with Gasteiger partial charge in [0.25, 0.3) is 0 Å². The van der Waals surface area contributed by atoms with Crippen molar-refractivity contribution in [3.63, 3.8) is 0 Å². The number of likely N-dealkylation sites (N-methyl/N-ethyl adjacent to an activating group) is 1. The minimum Gasteiger partial charge on any atom is -0.368 e. The molecule has 0 aromatic carbocycles. The first-order chi connectivity index (χ1) is 9.76. The minimum atomic E-state index is 0.233. The van der Waals surface area contributed by atoms with Crippen molar-refractivity contribution in [2.75, 3.05) is 43.4 Å². The highest BCUT2D eigenvalue weighted by Crippen LogP contribution is 2.14. The van der Waals surface area contributed by atoms with E-state index < -0.39 is 0 Å². The number of hydrogen-bond donors (Lipinski definition) is 1. The number of nitrogens with zero attached hydrogens (tertiary/aromatic N) is 7. The summed E-state index contributed by atoms with van der Waals surface area (Å²) in [5.74, 6) is 1.37. The second-order valence-corrected chi connectivity index (χ2v) is 4.68. The van der Waals surface area contributed by atoms with Crippen molar-refractivity contribution < 1.29 is 0 Å². The molecule has 1 aliphatic rings. The van der Waals surface area contributed by atoms with Gasteiger partial charge in [-0.2, -0.15) is 15.0 Å². The van der Waals surface area contributed by atoms with E-state index in [0.717, 1.165) is 32.7 Å². The molecule has 2 aromatic heterocycles. The van der Waals surface area contributed by atoms with Crippen LogP contribution in [0.25, 0.3) is 5.95 Å². The summed E-state index contributed by atoms with van der Waals surface area (Å²) in [5.41, 5.74) is 5.79. The van der Waals surface area contributed by atoms with E-state index in [1.54, 1.807) is 23.3 Å². The maximum Gasteiger partial charge on any atom is 0.241 e. The number of nitrogen functional groups attached to an aromatic ring is 1. The normalized spacial score (nSPS) is 16.6. The molecule has 3 rings (SSSR count). The predicted molar refractivity (Wildman–Crippen MR) is 75.7 cm³/mol. The van der Waals surface area contributed by atoms with Crippen LogP contribution in [0.1, 0.15) is 6.92 Å². The number of rotatable bonds is 3. The monoisotopic (exact) mass is 274 g/mol. The molecule has 0 saturated carbocycles. The summed E-state index contributed by atoms with van der Waals surface area (Å²) in [4.78, 5) is 21.4. The van der Waals surface area contributed by atoms with Gasteiger partial charge in [0.2, 0.25) is 17.8 Å². The third-order valence-electron chi connectivity index (χ3n) is 3.47. The van der Waals surface area contributed by atoms with Crippen LogP contribution >= 0.6 is 0 Å². The molecule has 2 aromatic rings. The molecule has 0 aliphatic carbocycles. The van der Waals surface area contributed by atoms with Crippen molar-refractivity contribution in [3.05, 3.63) is 18.7 Å². The van der Waals surface area contributed by atoms with E-state index in [0.29, 0.717) is 11.9 Å². The van der Waals surface area contributed by atoms with Gasteiger partial charge >= 0.3 is 0 Å². The Morgan fingerprint density at radius 3 is 2.50 bits per heavy atom. The maximum atomic E-state index is 5.79. The van der Waals surface area contributed by atoms with Crippen LogP contribution in [-0.2, 0) is 0 Å². The molecular weight excluding hydrogens is 256 g/mol. The molecule has 0 bridgehead atoms. The van der Waals surface area contributed by atoms with Crippen LogP contribution in [0.2, 0.25) is 0 Å². The lowest BCUT2D eigenvalue weighted by Gasteiger charge is -2.34. The largest absolute Gasteiger partial charge is 0.368 e. The Morgan fingerprint density at radius 1 is 1.10 bits per heavy atom. The van der Waals surface area contributed by atoms with Gasteiger partial charge in [-0.05, 0) is 6.54 Å². The van der Waals surface area contributed by atoms with Crippen LogP contribution in [0.15, 0.2) is 18.7 Å². The van der Waals surface area contributed by atoms with Crippen LogP contribution in [-0.4, -0.2) is 62.1 Å². The first-order valence-electron chi connectivity index (χ1n) is 6.73. The molecule has 0 unspecified atom stereocenters. The van der Waals surface area contributed by atoms with Crippen molar-refractivity contribution in [3.8, 4) is 5.95 Å². The summed E-state index contributed by atoms with van der Waals surface area (Å²) < 4.78 is 1.73. The lowest BCUT2D eigenvalue weighted by atomic mass is 10.3. The zero-order chi connectivity index (χ0) is 13.9. The van der Waals surface area contributed by atoms with Gasteiger partial charge in [0.05, 0.1) is 0 Å². The molecule has 3 heterocycles. The summed E-state index contributed by atoms with van der Waals surface area (Å²) in [6.07, 6.45) is 5.11. The number of anilines is 2. The van der Waals surface area contributed by atoms with Crippen LogP contribution in [0.3, 0.4) is 0 Å². The van der Waals surface area contributed by atoms with Crippen LogP contribution in [0.4, 0.5) is 11.9 Å². The highest BCUT2D eigenvalue weighted by atomic mass is 15.4. The van der Waals surface area contributed by atoms with Crippen LogP contribution in [0, 0.1) is 0 Å². The van der Waals surface area contributed by atoms with Gasteiger partial charge in [0.1, 0.15) is 6.33 Å². The molecule has 0 radical (unpaired) electrons. The summed E-state index contributed by atoms with van der Waals surface area (Å²) in [5, 5.41) is 0. The van der Waals surface area contributed by atoms with Gasteiger partial charge in [-0.15, -0.1) is 0 Å². The third-order valence-corrected chi connectivity index (χ3v) is 3.47. The lowest BCUT2D eigenvalue weighted by Crippen LogP contribution is -2.46. The average Bonchev–Trinajstić information content (AvgIpc) is 3.01. The maximum absolute atomic E-state index is 5.79. The van der Waals surface area contributed by atoms with Crippen molar-refractivity contribution in [2.24, 2.45) is 0 Å². The topological polar surface area (TPSA) is 89.0 Å². The van der Waals surface area contributed by atoms with E-state index in [1.165, 1.54) is 0 Å². The van der Waals surface area contributed by atoms with Gasteiger partial charge in [0, 0.05) is 38.6 Å². The van der Waals surface area contributed by atoms with Gasteiger partial charge in [-0.3, -0.25) is 4.57 Å². The summed E-state index contributed by atoms with van der Waals surface area (Å²) >= 11 is 0. The quantitative estimate of drug-likeness (QED) is 0.827. The Kier molecular flexibility index (Phi) is 3.46. The van der Waals surface area contributed by atoms with Gasteiger partial charge in [-0.25, -0.2) is 4.98 Å². The Hall–Kier alpha value is -2.22. The number of imidazole rings is 1. The van der Waals surface area contributed by atoms with E-state index in [2.05, 4.69) is 36.7 Å². The summed E-state index contributed by atoms with van der Waals surface area (Å²) in [6.45, 7) is 7.09. The zero-order valence-corrected chi connectivity index (χ0v) is 11.5. The Bertz CT molecular complexity index is 559. The summed E-state index contributed by atoms with van der Waals surface area (Å²) in [7, 11) is 0. The Morgan fingerprint density at radius 2 is 1.85 bits per heavy atom. The average molecular weight is 274 g/mol. The molecule has 106 valence electrons. The van der Waals surface area contributed by atoms with Crippen LogP contribution in [0.5, 0.6) is 0 Å². The Labute approximate surface area is 117 Å². The predicted octanol–water partition coefficient (Wildman–Crippen LogP) is -0.219. The molecule has 20 heavy (non-hydrogen) atoms. The van der Waals surface area contributed by atoms with Gasteiger partial charge in [-0.1, -0.05) is 6.92 Å². The smallest absolute Gasteiger partial charge is 0.241 e. The number of aromatic nitrogens is 5. The molecule has 1 fully saturated rings. The molecule has 0 amide bonds. The lowest BCUT2D eigenvalue weighted by molar-refractivity contribution is 0.270. The molecule has 1 saturated heterocycles. The van der Waals surface area contributed by atoms with Gasteiger partial charge in [0.15, 0.2) is 0 Å². The standard InChI is InChI=1S/C12H18N8/c1-2-18-5-7-19(8-6-18)11-15-10(13)16-12(17-11)20-4-3-14-9-20/h3-4,9H,2,5-8H2,1H3,(H2,13,15,16,17). The fraction of sp³-hybridized carbons (Fsp3) is 0.500. The third kappa shape index (κ3) is 2.55. The molecule has 1 aliphatic heterocycles. The second-order valence-electron chi connectivity index (χ2n) is 4.68. The second kappa shape index (κ2) is 5.41. The molecule has 0 spiro atoms. The number of piperazine rings is 1. The SMILES string of the molecule is CCN1CCN(c2nc(N)nc(-n3ccnc3)n2)CC1. The molecule has 8 nitrogen and oxygen atoms in total. The summed E-state index contributed by atoms with van der Waals surface area (Å²) in [6, 6.07) is 0. The van der Waals surface area contributed by atoms with E-state index >= 15 is 0 Å². The van der Waals surface area contributed by atoms with E-state index in [9.17, 15) is 0 Å². The fourth-order valence-corrected chi connectivity index (χ4v) is 2.27.